The van der Waals surface area contributed by atoms with Gasteiger partial charge in [0.05, 0.1) is 17.7 Å². The largest absolute Gasteiger partial charge is 0.346 e. The van der Waals surface area contributed by atoms with Crippen molar-refractivity contribution in [3.8, 4) is 0 Å². The molecule has 2 aliphatic rings. The molecule has 4 rings (SSSR count). The Kier molecular flexibility index (Phi) is 5.39. The lowest BCUT2D eigenvalue weighted by Gasteiger charge is -2.37. The van der Waals surface area contributed by atoms with Crippen molar-refractivity contribution in [3.05, 3.63) is 59.9 Å². The molecular formula is C22H26N4O2. The van der Waals surface area contributed by atoms with Gasteiger partial charge in [0.25, 0.3) is 5.91 Å². The molecule has 6 nitrogen and oxygen atoms in total. The minimum absolute atomic E-state index is 0.0771. The van der Waals surface area contributed by atoms with E-state index in [9.17, 15) is 9.59 Å². The standard InChI is InChI=1S/C22H26N4O2/c27-20(25-14-19-8-2-4-11-24-19)16-6-5-9-18(12-16)26-21(28)22-10-3-1-7-17(22)13-23-15-22/h2,4-6,8-9,11-12,17,23H,1,3,7,10,13-15H2,(H,25,27)(H,26,28)/t17-,22+/m0/s1. The van der Waals surface area contributed by atoms with Crippen LogP contribution < -0.4 is 16.0 Å². The van der Waals surface area contributed by atoms with Crippen LogP contribution in [0.15, 0.2) is 48.7 Å². The summed E-state index contributed by atoms with van der Waals surface area (Å²) in [5.41, 5.74) is 1.68. The Bertz CT molecular complexity index is 855. The molecule has 1 saturated carbocycles. The molecule has 2 fully saturated rings. The van der Waals surface area contributed by atoms with Crippen LogP contribution in [0.3, 0.4) is 0 Å². The molecule has 0 unspecified atom stereocenters. The van der Waals surface area contributed by atoms with Gasteiger partial charge in [0.2, 0.25) is 5.91 Å². The maximum atomic E-state index is 13.1. The van der Waals surface area contributed by atoms with Crippen LogP contribution in [0.4, 0.5) is 5.69 Å². The van der Waals surface area contributed by atoms with E-state index in [0.29, 0.717) is 23.7 Å². The number of hydrogen-bond acceptors (Lipinski definition) is 4. The van der Waals surface area contributed by atoms with Gasteiger partial charge in [-0.1, -0.05) is 25.0 Å². The Morgan fingerprint density at radius 3 is 2.96 bits per heavy atom. The van der Waals surface area contributed by atoms with Gasteiger partial charge in [-0.2, -0.15) is 0 Å². The Labute approximate surface area is 165 Å². The molecule has 1 aliphatic heterocycles. The van der Waals surface area contributed by atoms with Gasteiger partial charge in [0.15, 0.2) is 0 Å². The van der Waals surface area contributed by atoms with E-state index in [1.165, 1.54) is 6.42 Å². The molecule has 0 radical (unpaired) electrons. The first-order valence-electron chi connectivity index (χ1n) is 9.98. The van der Waals surface area contributed by atoms with Crippen molar-refractivity contribution in [3.63, 3.8) is 0 Å². The van der Waals surface area contributed by atoms with Crippen LogP contribution >= 0.6 is 0 Å². The zero-order chi connectivity index (χ0) is 19.4. The van der Waals surface area contributed by atoms with Crippen molar-refractivity contribution in [2.75, 3.05) is 18.4 Å². The summed E-state index contributed by atoms with van der Waals surface area (Å²) >= 11 is 0. The van der Waals surface area contributed by atoms with Crippen LogP contribution in [0, 0.1) is 11.3 Å². The number of aromatic nitrogens is 1. The van der Waals surface area contributed by atoms with E-state index in [2.05, 4.69) is 20.9 Å². The quantitative estimate of drug-likeness (QED) is 0.747. The third-order valence-electron chi connectivity index (χ3n) is 6.03. The van der Waals surface area contributed by atoms with Crippen molar-refractivity contribution in [2.24, 2.45) is 11.3 Å². The number of fused-ring (bicyclic) bond motifs is 1. The fraction of sp³-hybridized carbons (Fsp3) is 0.409. The molecule has 6 heteroatoms. The van der Waals surface area contributed by atoms with Gasteiger partial charge in [0, 0.05) is 24.0 Å². The second kappa shape index (κ2) is 8.10. The van der Waals surface area contributed by atoms with Crippen LogP contribution in [0.25, 0.3) is 0 Å². The number of pyridine rings is 1. The van der Waals surface area contributed by atoms with Crippen LogP contribution in [0.5, 0.6) is 0 Å². The fourth-order valence-corrected chi connectivity index (χ4v) is 4.46. The molecule has 1 aromatic carbocycles. The smallest absolute Gasteiger partial charge is 0.251 e. The van der Waals surface area contributed by atoms with Crippen molar-refractivity contribution >= 4 is 17.5 Å². The third kappa shape index (κ3) is 3.78. The SMILES string of the molecule is O=C(NCc1ccccn1)c1cccc(NC(=O)[C@@]23CCCC[C@H]2CNC3)c1. The van der Waals surface area contributed by atoms with Gasteiger partial charge < -0.3 is 16.0 Å². The highest BCUT2D eigenvalue weighted by atomic mass is 16.2. The minimum atomic E-state index is -0.310. The first-order chi connectivity index (χ1) is 13.7. The molecule has 28 heavy (non-hydrogen) atoms. The molecule has 1 aliphatic carbocycles. The van der Waals surface area contributed by atoms with Crippen molar-refractivity contribution in [1.29, 1.82) is 0 Å². The number of carbonyl (C=O) groups is 2. The average molecular weight is 378 g/mol. The number of hydrogen-bond donors (Lipinski definition) is 3. The summed E-state index contributed by atoms with van der Waals surface area (Å²) in [5.74, 6) is 0.303. The average Bonchev–Trinajstić information content (AvgIpc) is 3.18. The second-order valence-corrected chi connectivity index (χ2v) is 7.77. The number of rotatable bonds is 5. The summed E-state index contributed by atoms with van der Waals surface area (Å²) in [4.78, 5) is 29.8. The van der Waals surface area contributed by atoms with Crippen molar-refractivity contribution < 1.29 is 9.59 Å². The van der Waals surface area contributed by atoms with Crippen LogP contribution in [0.1, 0.15) is 41.7 Å². The topological polar surface area (TPSA) is 83.1 Å². The zero-order valence-electron chi connectivity index (χ0n) is 15.9. The monoisotopic (exact) mass is 378 g/mol. The highest BCUT2D eigenvalue weighted by molar-refractivity contribution is 5.99. The number of nitrogens with zero attached hydrogens (tertiary/aromatic N) is 1. The second-order valence-electron chi connectivity index (χ2n) is 7.77. The number of nitrogens with one attached hydrogen (secondary N) is 3. The van der Waals surface area contributed by atoms with E-state index in [1.807, 2.05) is 24.3 Å². The van der Waals surface area contributed by atoms with E-state index in [-0.39, 0.29) is 17.2 Å². The summed E-state index contributed by atoms with van der Waals surface area (Å²) in [5, 5.41) is 9.35. The molecule has 1 aromatic heterocycles. The summed E-state index contributed by atoms with van der Waals surface area (Å²) < 4.78 is 0. The van der Waals surface area contributed by atoms with Gasteiger partial charge >= 0.3 is 0 Å². The number of carbonyl (C=O) groups excluding carboxylic acids is 2. The van der Waals surface area contributed by atoms with Gasteiger partial charge in [-0.25, -0.2) is 0 Å². The molecule has 0 bridgehead atoms. The zero-order valence-corrected chi connectivity index (χ0v) is 15.9. The number of anilines is 1. The summed E-state index contributed by atoms with van der Waals surface area (Å²) in [6.07, 6.45) is 6.04. The normalized spacial score (nSPS) is 23.6. The van der Waals surface area contributed by atoms with Gasteiger partial charge in [0.1, 0.15) is 0 Å². The molecule has 2 aromatic rings. The predicted octanol–water partition coefficient (Wildman–Crippen LogP) is 2.73. The highest BCUT2D eigenvalue weighted by Gasteiger charge is 2.49. The molecule has 2 heterocycles. The van der Waals surface area contributed by atoms with Crippen LogP contribution in [-0.4, -0.2) is 29.9 Å². The summed E-state index contributed by atoms with van der Waals surface area (Å²) in [6.45, 7) is 2.03. The molecule has 2 amide bonds. The first kappa shape index (κ1) is 18.6. The summed E-state index contributed by atoms with van der Waals surface area (Å²) in [6, 6.07) is 12.7. The lowest BCUT2D eigenvalue weighted by molar-refractivity contribution is -0.128. The molecule has 146 valence electrons. The van der Waals surface area contributed by atoms with Gasteiger partial charge in [-0.05, 0) is 55.6 Å². The number of amides is 2. The maximum absolute atomic E-state index is 13.1. The molecule has 1 saturated heterocycles. The van der Waals surface area contributed by atoms with Crippen LogP contribution in [-0.2, 0) is 11.3 Å². The third-order valence-corrected chi connectivity index (χ3v) is 6.03. The van der Waals surface area contributed by atoms with Crippen molar-refractivity contribution in [2.45, 2.75) is 32.2 Å². The maximum Gasteiger partial charge on any atom is 0.251 e. The summed E-state index contributed by atoms with van der Waals surface area (Å²) in [7, 11) is 0. The minimum Gasteiger partial charge on any atom is -0.346 e. The van der Waals surface area contributed by atoms with Gasteiger partial charge in [-0.15, -0.1) is 0 Å². The lowest BCUT2D eigenvalue weighted by atomic mass is 9.67. The van der Waals surface area contributed by atoms with Crippen molar-refractivity contribution in [1.82, 2.24) is 15.6 Å². The van der Waals surface area contributed by atoms with E-state index < -0.39 is 0 Å². The van der Waals surface area contributed by atoms with E-state index in [4.69, 9.17) is 0 Å². The van der Waals surface area contributed by atoms with Crippen LogP contribution in [0.2, 0.25) is 0 Å². The van der Waals surface area contributed by atoms with E-state index in [0.717, 1.165) is 38.0 Å². The predicted molar refractivity (Wildman–Crippen MR) is 108 cm³/mol. The molecule has 0 spiro atoms. The molecule has 2 atom stereocenters. The highest BCUT2D eigenvalue weighted by Crippen LogP contribution is 2.44. The first-order valence-corrected chi connectivity index (χ1v) is 9.98. The fourth-order valence-electron chi connectivity index (χ4n) is 4.46. The lowest BCUT2D eigenvalue weighted by Crippen LogP contribution is -2.44. The molecule has 3 N–H and O–H groups in total. The Morgan fingerprint density at radius 1 is 1.18 bits per heavy atom. The van der Waals surface area contributed by atoms with E-state index >= 15 is 0 Å². The Balaban J connectivity index is 1.42. The Hall–Kier alpha value is -2.73. The van der Waals surface area contributed by atoms with E-state index in [1.54, 1.807) is 24.4 Å². The van der Waals surface area contributed by atoms with Gasteiger partial charge in [-0.3, -0.25) is 14.6 Å². The number of benzene rings is 1. The Morgan fingerprint density at radius 2 is 2.11 bits per heavy atom. The molecular weight excluding hydrogens is 352 g/mol.